The van der Waals surface area contributed by atoms with Crippen LogP contribution in [-0.2, 0) is 6.54 Å². The standard InChI is InChI=1S/C9H10N4OS2/c1-4-3-13-7(14)5-6(12-9(13)16-4)11-8(10-5)15-2/h4H,3H2,1-2H3,(H,10,11). The summed E-state index contributed by atoms with van der Waals surface area (Å²) in [5.74, 6) is 0. The van der Waals surface area contributed by atoms with Gasteiger partial charge in [0.15, 0.2) is 21.5 Å². The molecule has 0 fully saturated rings. The molecule has 0 aliphatic carbocycles. The van der Waals surface area contributed by atoms with Crippen LogP contribution in [0.15, 0.2) is 15.1 Å². The summed E-state index contributed by atoms with van der Waals surface area (Å²) in [7, 11) is 0. The average molecular weight is 254 g/mol. The number of nitrogens with zero attached hydrogens (tertiary/aromatic N) is 3. The van der Waals surface area contributed by atoms with Crippen molar-refractivity contribution in [1.29, 1.82) is 0 Å². The monoisotopic (exact) mass is 254 g/mol. The Hall–Kier alpha value is -0.950. The van der Waals surface area contributed by atoms with Crippen LogP contribution in [0.5, 0.6) is 0 Å². The summed E-state index contributed by atoms with van der Waals surface area (Å²) in [6, 6.07) is 0. The second kappa shape index (κ2) is 3.53. The van der Waals surface area contributed by atoms with E-state index in [2.05, 4.69) is 21.9 Å². The first-order valence-corrected chi connectivity index (χ1v) is 7.00. The number of aromatic nitrogens is 4. The van der Waals surface area contributed by atoms with Gasteiger partial charge in [-0.25, -0.2) is 9.97 Å². The Morgan fingerprint density at radius 2 is 2.38 bits per heavy atom. The minimum absolute atomic E-state index is 0.00958. The summed E-state index contributed by atoms with van der Waals surface area (Å²) in [4.78, 5) is 23.8. The Balaban J connectivity index is 2.31. The van der Waals surface area contributed by atoms with E-state index in [0.717, 1.165) is 16.9 Å². The number of hydrogen-bond donors (Lipinski definition) is 1. The van der Waals surface area contributed by atoms with Crippen molar-refractivity contribution in [2.24, 2.45) is 0 Å². The highest BCUT2D eigenvalue weighted by molar-refractivity contribution is 8.00. The Kier molecular flexibility index (Phi) is 2.25. The maximum Gasteiger partial charge on any atom is 0.280 e. The van der Waals surface area contributed by atoms with Gasteiger partial charge in [-0.1, -0.05) is 30.4 Å². The maximum absolute atomic E-state index is 12.1. The molecule has 0 amide bonds. The van der Waals surface area contributed by atoms with Crippen molar-refractivity contribution in [3.63, 3.8) is 0 Å². The van der Waals surface area contributed by atoms with E-state index in [1.807, 2.05) is 6.26 Å². The molecule has 2 aromatic heterocycles. The minimum atomic E-state index is -0.00958. The first kappa shape index (κ1) is 10.2. The van der Waals surface area contributed by atoms with Crippen LogP contribution in [-0.4, -0.2) is 31.0 Å². The molecule has 1 aliphatic heterocycles. The number of imidazole rings is 1. The molecule has 5 nitrogen and oxygen atoms in total. The summed E-state index contributed by atoms with van der Waals surface area (Å²) < 4.78 is 1.72. The van der Waals surface area contributed by atoms with Crippen LogP contribution in [0, 0.1) is 0 Å². The molecule has 1 aliphatic rings. The predicted octanol–water partition coefficient (Wildman–Crippen LogP) is 1.34. The summed E-state index contributed by atoms with van der Waals surface area (Å²) in [6.45, 7) is 2.82. The van der Waals surface area contributed by atoms with Crippen LogP contribution < -0.4 is 5.56 Å². The van der Waals surface area contributed by atoms with Crippen LogP contribution >= 0.6 is 23.5 Å². The Labute approximate surface area is 100 Å². The van der Waals surface area contributed by atoms with Gasteiger partial charge in [0.25, 0.3) is 5.56 Å². The lowest BCUT2D eigenvalue weighted by molar-refractivity contribution is 0.627. The molecule has 84 valence electrons. The molecule has 1 N–H and O–H groups in total. The Morgan fingerprint density at radius 1 is 1.56 bits per heavy atom. The van der Waals surface area contributed by atoms with E-state index in [9.17, 15) is 4.79 Å². The fraction of sp³-hybridized carbons (Fsp3) is 0.444. The molecule has 7 heteroatoms. The third-order valence-corrected chi connectivity index (χ3v) is 4.15. The van der Waals surface area contributed by atoms with Crippen LogP contribution in [0.3, 0.4) is 0 Å². The minimum Gasteiger partial charge on any atom is -0.327 e. The molecule has 0 spiro atoms. The number of nitrogens with one attached hydrogen (secondary N) is 1. The molecule has 16 heavy (non-hydrogen) atoms. The van der Waals surface area contributed by atoms with Crippen molar-refractivity contribution in [3.8, 4) is 0 Å². The Morgan fingerprint density at radius 3 is 3.12 bits per heavy atom. The highest BCUT2D eigenvalue weighted by atomic mass is 32.2. The topological polar surface area (TPSA) is 63.6 Å². The van der Waals surface area contributed by atoms with Crippen molar-refractivity contribution in [3.05, 3.63) is 10.4 Å². The molecule has 1 unspecified atom stereocenters. The number of H-pyrrole nitrogens is 1. The first-order valence-electron chi connectivity index (χ1n) is 4.90. The third kappa shape index (κ3) is 1.38. The van der Waals surface area contributed by atoms with Crippen LogP contribution in [0.2, 0.25) is 0 Å². The summed E-state index contributed by atoms with van der Waals surface area (Å²) >= 11 is 3.11. The molecule has 0 saturated heterocycles. The van der Waals surface area contributed by atoms with Gasteiger partial charge in [-0.2, -0.15) is 0 Å². The SMILES string of the molecule is CSc1nc2nc3n(c(=O)c2[nH]1)CC(C)S3. The first-order chi connectivity index (χ1) is 7.69. The van der Waals surface area contributed by atoms with Crippen molar-refractivity contribution in [1.82, 2.24) is 19.5 Å². The van der Waals surface area contributed by atoms with Gasteiger partial charge >= 0.3 is 0 Å². The van der Waals surface area contributed by atoms with Crippen molar-refractivity contribution < 1.29 is 0 Å². The second-order valence-electron chi connectivity index (χ2n) is 3.68. The fourth-order valence-corrected chi connectivity index (χ4v) is 3.16. The highest BCUT2D eigenvalue weighted by Gasteiger charge is 2.23. The van der Waals surface area contributed by atoms with Crippen molar-refractivity contribution in [2.45, 2.75) is 29.0 Å². The Bertz CT molecular complexity index is 618. The maximum atomic E-state index is 12.1. The quantitative estimate of drug-likeness (QED) is 0.614. The molecular weight excluding hydrogens is 244 g/mol. The van der Waals surface area contributed by atoms with Gasteiger partial charge in [0.2, 0.25) is 0 Å². The fourth-order valence-electron chi connectivity index (χ4n) is 1.77. The van der Waals surface area contributed by atoms with Crippen LogP contribution in [0.25, 0.3) is 11.2 Å². The van der Waals surface area contributed by atoms with Gasteiger partial charge in [-0.15, -0.1) is 0 Å². The highest BCUT2D eigenvalue weighted by Crippen LogP contribution is 2.29. The van der Waals surface area contributed by atoms with E-state index >= 15 is 0 Å². The lowest BCUT2D eigenvalue weighted by atomic mass is 10.4. The summed E-state index contributed by atoms with van der Waals surface area (Å²) in [5.41, 5.74) is 1.04. The molecular formula is C9H10N4OS2. The van der Waals surface area contributed by atoms with E-state index < -0.39 is 0 Å². The molecule has 2 aromatic rings. The van der Waals surface area contributed by atoms with E-state index in [-0.39, 0.29) is 5.56 Å². The molecule has 0 bridgehead atoms. The van der Waals surface area contributed by atoms with Gasteiger partial charge < -0.3 is 4.98 Å². The second-order valence-corrected chi connectivity index (χ2v) is 5.88. The number of rotatable bonds is 1. The molecule has 0 aromatic carbocycles. The number of thioether (sulfide) groups is 2. The summed E-state index contributed by atoms with van der Waals surface area (Å²) in [5, 5.41) is 1.93. The lowest BCUT2D eigenvalue weighted by Crippen LogP contribution is -2.21. The molecule has 0 saturated carbocycles. The van der Waals surface area contributed by atoms with Crippen molar-refractivity contribution in [2.75, 3.05) is 6.26 Å². The lowest BCUT2D eigenvalue weighted by Gasteiger charge is -1.98. The molecule has 0 radical (unpaired) electrons. The largest absolute Gasteiger partial charge is 0.327 e. The molecule has 3 rings (SSSR count). The predicted molar refractivity (Wildman–Crippen MR) is 65.2 cm³/mol. The number of aromatic amines is 1. The van der Waals surface area contributed by atoms with E-state index in [1.165, 1.54) is 11.8 Å². The van der Waals surface area contributed by atoms with Gasteiger partial charge in [-0.3, -0.25) is 9.36 Å². The van der Waals surface area contributed by atoms with E-state index in [0.29, 0.717) is 16.4 Å². The third-order valence-electron chi connectivity index (χ3n) is 2.49. The number of fused-ring (bicyclic) bond motifs is 2. The zero-order valence-electron chi connectivity index (χ0n) is 8.85. The van der Waals surface area contributed by atoms with Gasteiger partial charge in [0.05, 0.1) is 0 Å². The van der Waals surface area contributed by atoms with Crippen LogP contribution in [0.4, 0.5) is 0 Å². The normalized spacial score (nSPS) is 19.2. The van der Waals surface area contributed by atoms with E-state index in [4.69, 9.17) is 0 Å². The molecule has 3 heterocycles. The average Bonchev–Trinajstić information content (AvgIpc) is 2.81. The van der Waals surface area contributed by atoms with Crippen molar-refractivity contribution >= 4 is 34.7 Å². The number of hydrogen-bond acceptors (Lipinski definition) is 5. The van der Waals surface area contributed by atoms with Gasteiger partial charge in [0.1, 0.15) is 0 Å². The van der Waals surface area contributed by atoms with Gasteiger partial charge in [0, 0.05) is 11.8 Å². The smallest absolute Gasteiger partial charge is 0.280 e. The molecule has 1 atom stereocenters. The zero-order valence-corrected chi connectivity index (χ0v) is 10.5. The van der Waals surface area contributed by atoms with Crippen LogP contribution in [0.1, 0.15) is 6.92 Å². The van der Waals surface area contributed by atoms with E-state index in [1.54, 1.807) is 16.3 Å². The zero-order chi connectivity index (χ0) is 11.3. The summed E-state index contributed by atoms with van der Waals surface area (Å²) in [6.07, 6.45) is 1.92. The van der Waals surface area contributed by atoms with Gasteiger partial charge in [-0.05, 0) is 6.26 Å².